The SMILES string of the molecule is Cc1cc2nc(-c3cnc[nH]3)cc(CCc3cscn3)c2cc1CCC#N. The smallest absolute Gasteiger partial charge is 0.0924 e. The molecule has 5 nitrogen and oxygen atoms in total. The molecule has 0 amide bonds. The highest BCUT2D eigenvalue weighted by Crippen LogP contribution is 2.28. The zero-order valence-electron chi connectivity index (χ0n) is 15.1. The fourth-order valence-corrected chi connectivity index (χ4v) is 3.91. The van der Waals surface area contributed by atoms with Crippen molar-refractivity contribution in [3.05, 3.63) is 64.0 Å². The number of imidazole rings is 1. The van der Waals surface area contributed by atoms with E-state index < -0.39 is 0 Å². The second-order valence-corrected chi connectivity index (χ2v) is 7.28. The molecule has 1 N–H and O–H groups in total. The predicted molar refractivity (Wildman–Crippen MR) is 108 cm³/mol. The fourth-order valence-electron chi connectivity index (χ4n) is 3.32. The van der Waals surface area contributed by atoms with Crippen LogP contribution in [0.2, 0.25) is 0 Å². The first kappa shape index (κ1) is 17.4. The number of nitriles is 1. The molecule has 0 atom stereocenters. The lowest BCUT2D eigenvalue weighted by molar-refractivity contribution is 0.930. The summed E-state index contributed by atoms with van der Waals surface area (Å²) >= 11 is 1.63. The van der Waals surface area contributed by atoms with Crippen molar-refractivity contribution in [2.45, 2.75) is 32.6 Å². The summed E-state index contributed by atoms with van der Waals surface area (Å²) in [6.45, 7) is 2.09. The Kier molecular flexibility index (Phi) is 4.95. The van der Waals surface area contributed by atoms with Gasteiger partial charge in [-0.25, -0.2) is 15.0 Å². The minimum Gasteiger partial charge on any atom is -0.343 e. The zero-order valence-corrected chi connectivity index (χ0v) is 15.9. The van der Waals surface area contributed by atoms with Crippen molar-refractivity contribution in [1.82, 2.24) is 19.9 Å². The van der Waals surface area contributed by atoms with Crippen LogP contribution in [0.25, 0.3) is 22.3 Å². The van der Waals surface area contributed by atoms with Crippen molar-refractivity contribution in [2.24, 2.45) is 0 Å². The van der Waals surface area contributed by atoms with Crippen molar-refractivity contribution in [2.75, 3.05) is 0 Å². The minimum atomic E-state index is 0.528. The highest BCUT2D eigenvalue weighted by atomic mass is 32.1. The molecule has 3 aromatic heterocycles. The maximum absolute atomic E-state index is 8.94. The summed E-state index contributed by atoms with van der Waals surface area (Å²) in [6, 6.07) is 8.73. The molecule has 0 aliphatic heterocycles. The summed E-state index contributed by atoms with van der Waals surface area (Å²) in [5.74, 6) is 0. The molecule has 0 spiro atoms. The summed E-state index contributed by atoms with van der Waals surface area (Å²) < 4.78 is 0. The van der Waals surface area contributed by atoms with Crippen molar-refractivity contribution in [3.8, 4) is 17.5 Å². The Labute approximate surface area is 161 Å². The third-order valence-corrected chi connectivity index (χ3v) is 5.40. The number of nitrogens with zero attached hydrogens (tertiary/aromatic N) is 4. The van der Waals surface area contributed by atoms with Crippen LogP contribution in [0.15, 0.2) is 41.6 Å². The molecule has 0 aliphatic rings. The molecule has 0 radical (unpaired) electrons. The average molecular weight is 373 g/mol. The second kappa shape index (κ2) is 7.68. The van der Waals surface area contributed by atoms with Gasteiger partial charge in [0.25, 0.3) is 0 Å². The predicted octanol–water partition coefficient (Wildman–Crippen LogP) is 4.63. The first-order chi connectivity index (χ1) is 13.2. The Hall–Kier alpha value is -3.04. The van der Waals surface area contributed by atoms with Crippen LogP contribution >= 0.6 is 11.3 Å². The Bertz CT molecular complexity index is 1090. The standard InChI is InChI=1S/C21H19N5S/c1-14-7-19-18(8-15(14)3-2-6-22)16(4-5-17-11-27-13-25-17)9-20(26-19)21-10-23-12-24-21/h7-13H,2-5H2,1H3,(H,23,24). The van der Waals surface area contributed by atoms with Crippen LogP contribution in [0.4, 0.5) is 0 Å². The fraction of sp³-hybridized carbons (Fsp3) is 0.238. The lowest BCUT2D eigenvalue weighted by atomic mass is 9.96. The van der Waals surface area contributed by atoms with Gasteiger partial charge in [0.05, 0.1) is 46.7 Å². The highest BCUT2D eigenvalue weighted by molar-refractivity contribution is 7.07. The maximum Gasteiger partial charge on any atom is 0.0924 e. The maximum atomic E-state index is 8.94. The molecular weight excluding hydrogens is 354 g/mol. The molecule has 0 fully saturated rings. The summed E-state index contributed by atoms with van der Waals surface area (Å²) in [7, 11) is 0. The first-order valence-electron chi connectivity index (χ1n) is 8.90. The molecule has 4 rings (SSSR count). The number of aromatic amines is 1. The zero-order chi connectivity index (χ0) is 18.6. The molecule has 27 heavy (non-hydrogen) atoms. The van der Waals surface area contributed by atoms with Gasteiger partial charge >= 0.3 is 0 Å². The van der Waals surface area contributed by atoms with Crippen LogP contribution in [0.1, 0.15) is 28.8 Å². The number of hydrogen-bond acceptors (Lipinski definition) is 5. The van der Waals surface area contributed by atoms with E-state index in [0.717, 1.165) is 47.2 Å². The van der Waals surface area contributed by atoms with Crippen LogP contribution in [0.5, 0.6) is 0 Å². The van der Waals surface area contributed by atoms with Gasteiger partial charge in [0.15, 0.2) is 0 Å². The molecule has 0 unspecified atom stereocenters. The number of rotatable bonds is 6. The van der Waals surface area contributed by atoms with Gasteiger partial charge in [0.2, 0.25) is 0 Å². The van der Waals surface area contributed by atoms with Crippen molar-refractivity contribution >= 4 is 22.2 Å². The van der Waals surface area contributed by atoms with Gasteiger partial charge in [-0.15, -0.1) is 11.3 Å². The van der Waals surface area contributed by atoms with E-state index in [2.05, 4.69) is 51.5 Å². The number of aromatic nitrogens is 4. The molecule has 0 bridgehead atoms. The number of aryl methyl sites for hydroxylation is 4. The molecule has 0 saturated heterocycles. The Balaban J connectivity index is 1.80. The van der Waals surface area contributed by atoms with Crippen molar-refractivity contribution < 1.29 is 0 Å². The van der Waals surface area contributed by atoms with E-state index in [1.54, 1.807) is 23.9 Å². The first-order valence-corrected chi connectivity index (χ1v) is 9.85. The number of pyridine rings is 1. The number of benzene rings is 1. The van der Waals surface area contributed by atoms with Gasteiger partial charge in [-0.3, -0.25) is 0 Å². The number of nitrogens with one attached hydrogen (secondary N) is 1. The summed E-state index contributed by atoms with van der Waals surface area (Å²) in [5, 5.41) is 12.2. The lowest BCUT2D eigenvalue weighted by Crippen LogP contribution is -1.99. The molecule has 6 heteroatoms. The Morgan fingerprint density at radius 3 is 2.81 bits per heavy atom. The van der Waals surface area contributed by atoms with E-state index in [9.17, 15) is 0 Å². The average Bonchev–Trinajstić information content (AvgIpc) is 3.38. The number of thiazole rings is 1. The van der Waals surface area contributed by atoms with E-state index in [4.69, 9.17) is 10.2 Å². The van der Waals surface area contributed by atoms with Crippen LogP contribution in [-0.2, 0) is 19.3 Å². The van der Waals surface area contributed by atoms with E-state index >= 15 is 0 Å². The topological polar surface area (TPSA) is 78.2 Å². The largest absolute Gasteiger partial charge is 0.343 e. The van der Waals surface area contributed by atoms with Gasteiger partial charge in [-0.05, 0) is 61.1 Å². The normalized spacial score (nSPS) is 11.0. The molecule has 134 valence electrons. The van der Waals surface area contributed by atoms with E-state index in [-0.39, 0.29) is 0 Å². The number of hydrogen-bond donors (Lipinski definition) is 1. The Morgan fingerprint density at radius 1 is 1.15 bits per heavy atom. The van der Waals surface area contributed by atoms with Crippen molar-refractivity contribution in [3.63, 3.8) is 0 Å². The monoisotopic (exact) mass is 373 g/mol. The molecule has 0 saturated carbocycles. The van der Waals surface area contributed by atoms with Crippen LogP contribution in [-0.4, -0.2) is 19.9 Å². The Morgan fingerprint density at radius 2 is 2.07 bits per heavy atom. The van der Waals surface area contributed by atoms with E-state index in [1.165, 1.54) is 16.7 Å². The third-order valence-electron chi connectivity index (χ3n) is 4.77. The van der Waals surface area contributed by atoms with Crippen LogP contribution < -0.4 is 0 Å². The quantitative estimate of drug-likeness (QED) is 0.534. The van der Waals surface area contributed by atoms with Gasteiger partial charge in [0.1, 0.15) is 0 Å². The highest BCUT2D eigenvalue weighted by Gasteiger charge is 2.12. The van der Waals surface area contributed by atoms with Gasteiger partial charge < -0.3 is 4.98 Å². The number of H-pyrrole nitrogens is 1. The van der Waals surface area contributed by atoms with E-state index in [1.807, 2.05) is 5.51 Å². The van der Waals surface area contributed by atoms with Gasteiger partial charge in [-0.1, -0.05) is 0 Å². The summed E-state index contributed by atoms with van der Waals surface area (Å²) in [5.41, 5.74) is 9.43. The van der Waals surface area contributed by atoms with Crippen LogP contribution in [0, 0.1) is 18.3 Å². The molecule has 3 heterocycles. The number of fused-ring (bicyclic) bond motifs is 1. The third kappa shape index (κ3) is 3.74. The molecule has 1 aromatic carbocycles. The lowest BCUT2D eigenvalue weighted by Gasteiger charge is -2.12. The molecule has 4 aromatic rings. The molecular formula is C21H19N5S. The summed E-state index contributed by atoms with van der Waals surface area (Å²) in [4.78, 5) is 16.5. The van der Waals surface area contributed by atoms with Crippen molar-refractivity contribution in [1.29, 1.82) is 5.26 Å². The molecule has 0 aliphatic carbocycles. The van der Waals surface area contributed by atoms with E-state index in [0.29, 0.717) is 6.42 Å². The second-order valence-electron chi connectivity index (χ2n) is 6.57. The van der Waals surface area contributed by atoms with Gasteiger partial charge in [0, 0.05) is 17.2 Å². The summed E-state index contributed by atoms with van der Waals surface area (Å²) in [6.07, 6.45) is 6.56. The van der Waals surface area contributed by atoms with Gasteiger partial charge in [-0.2, -0.15) is 5.26 Å². The van der Waals surface area contributed by atoms with Crippen LogP contribution in [0.3, 0.4) is 0 Å². The minimum absolute atomic E-state index is 0.528.